The number of likely N-dealkylation sites (N-methyl/N-ethyl adjacent to an activating group) is 1. The van der Waals surface area contributed by atoms with Gasteiger partial charge in [-0.3, -0.25) is 4.79 Å². The monoisotopic (exact) mass is 314 g/mol. The first-order chi connectivity index (χ1) is 8.59. The molecule has 2 rings (SSSR count). The molecule has 18 heavy (non-hydrogen) atoms. The van der Waals surface area contributed by atoms with E-state index in [1.165, 1.54) is 18.9 Å². The van der Waals surface area contributed by atoms with E-state index in [4.69, 9.17) is 0 Å². The molecule has 1 aromatic rings. The fourth-order valence-electron chi connectivity index (χ4n) is 1.82. The number of nitrogens with one attached hydrogen (secondary N) is 1. The van der Waals surface area contributed by atoms with Crippen LogP contribution in [0.2, 0.25) is 0 Å². The Morgan fingerprint density at radius 2 is 2.28 bits per heavy atom. The molecule has 0 aromatic heterocycles. The van der Waals surface area contributed by atoms with Crippen LogP contribution >= 0.6 is 15.9 Å². The Kier molecular flexibility index (Phi) is 4.35. The van der Waals surface area contributed by atoms with Crippen molar-refractivity contribution in [3.8, 4) is 0 Å². The van der Waals surface area contributed by atoms with Crippen LogP contribution in [0.3, 0.4) is 0 Å². The second-order valence-corrected chi connectivity index (χ2v) is 5.42. The van der Waals surface area contributed by atoms with Crippen LogP contribution in [-0.4, -0.2) is 37.0 Å². The van der Waals surface area contributed by atoms with Gasteiger partial charge >= 0.3 is 0 Å². The lowest BCUT2D eigenvalue weighted by molar-refractivity contribution is 0.0945. The van der Waals surface area contributed by atoms with Crippen LogP contribution in [0.15, 0.2) is 22.7 Å². The second kappa shape index (κ2) is 5.80. The molecule has 0 heterocycles. The highest BCUT2D eigenvalue weighted by Crippen LogP contribution is 2.24. The quantitative estimate of drug-likeness (QED) is 0.905. The molecule has 1 aromatic carbocycles. The number of halogens is 2. The Morgan fingerprint density at radius 3 is 2.94 bits per heavy atom. The molecule has 0 radical (unpaired) electrons. The number of benzene rings is 1. The molecule has 1 fully saturated rings. The molecule has 1 amide bonds. The molecule has 0 aliphatic heterocycles. The summed E-state index contributed by atoms with van der Waals surface area (Å²) >= 11 is 3.07. The molecule has 98 valence electrons. The number of rotatable bonds is 5. The van der Waals surface area contributed by atoms with Gasteiger partial charge in [0.25, 0.3) is 5.91 Å². The Morgan fingerprint density at radius 1 is 1.56 bits per heavy atom. The summed E-state index contributed by atoms with van der Waals surface area (Å²) in [6.07, 6.45) is 2.48. The van der Waals surface area contributed by atoms with Crippen LogP contribution in [0.4, 0.5) is 4.39 Å². The van der Waals surface area contributed by atoms with Gasteiger partial charge < -0.3 is 10.2 Å². The lowest BCUT2D eigenvalue weighted by atomic mass is 10.2. The van der Waals surface area contributed by atoms with Crippen LogP contribution < -0.4 is 5.32 Å². The number of carbonyl (C=O) groups excluding carboxylic acids is 1. The summed E-state index contributed by atoms with van der Waals surface area (Å²) in [7, 11) is 2.05. The van der Waals surface area contributed by atoms with Crippen LogP contribution in [0.5, 0.6) is 0 Å². The van der Waals surface area contributed by atoms with Gasteiger partial charge in [-0.2, -0.15) is 0 Å². The maximum Gasteiger partial charge on any atom is 0.254 e. The van der Waals surface area contributed by atoms with E-state index in [0.717, 1.165) is 6.54 Å². The summed E-state index contributed by atoms with van der Waals surface area (Å²) in [5, 5.41) is 2.74. The van der Waals surface area contributed by atoms with Gasteiger partial charge in [-0.1, -0.05) is 6.07 Å². The molecular weight excluding hydrogens is 299 g/mol. The number of hydrogen-bond donors (Lipinski definition) is 1. The standard InChI is InChI=1S/C13H16BrFN2O/c1-17(9-5-6-9)8-7-16-13(18)10-3-2-4-11(14)12(10)15/h2-4,9H,5-8H2,1H3,(H,16,18). The summed E-state index contributed by atoms with van der Waals surface area (Å²) in [5.74, 6) is -0.872. The Labute approximate surface area is 114 Å². The van der Waals surface area contributed by atoms with Crippen LogP contribution in [0, 0.1) is 5.82 Å². The summed E-state index contributed by atoms with van der Waals surface area (Å²) in [4.78, 5) is 14.0. The Balaban J connectivity index is 1.85. The zero-order valence-electron chi connectivity index (χ0n) is 10.2. The van der Waals surface area contributed by atoms with Gasteiger partial charge in [-0.15, -0.1) is 0 Å². The van der Waals surface area contributed by atoms with E-state index < -0.39 is 5.82 Å². The van der Waals surface area contributed by atoms with E-state index in [1.807, 2.05) is 7.05 Å². The van der Waals surface area contributed by atoms with Crippen molar-refractivity contribution in [3.63, 3.8) is 0 Å². The molecule has 1 aliphatic rings. The first-order valence-electron chi connectivity index (χ1n) is 6.02. The van der Waals surface area contributed by atoms with Gasteiger partial charge in [0.2, 0.25) is 0 Å². The predicted octanol–water partition coefficient (Wildman–Crippen LogP) is 2.41. The minimum absolute atomic E-state index is 0.0819. The van der Waals surface area contributed by atoms with Gasteiger partial charge in [0, 0.05) is 19.1 Å². The third kappa shape index (κ3) is 3.29. The van der Waals surface area contributed by atoms with Gasteiger partial charge in [0.15, 0.2) is 0 Å². The van der Waals surface area contributed by atoms with Gasteiger partial charge in [-0.05, 0) is 48.0 Å². The molecular formula is C13H16BrFN2O. The first-order valence-corrected chi connectivity index (χ1v) is 6.81. The third-order valence-corrected chi connectivity index (χ3v) is 3.73. The predicted molar refractivity (Wildman–Crippen MR) is 72.1 cm³/mol. The SMILES string of the molecule is CN(CCNC(=O)c1cccc(Br)c1F)C1CC1. The summed E-state index contributed by atoms with van der Waals surface area (Å²) in [6.45, 7) is 1.34. The Hall–Kier alpha value is -0.940. The van der Waals surface area contributed by atoms with Gasteiger partial charge in [0.1, 0.15) is 5.82 Å². The topological polar surface area (TPSA) is 32.3 Å². The molecule has 5 heteroatoms. The lowest BCUT2D eigenvalue weighted by Crippen LogP contribution is -2.34. The molecule has 1 aliphatic carbocycles. The molecule has 1 saturated carbocycles. The van der Waals surface area contributed by atoms with Crippen molar-refractivity contribution in [1.82, 2.24) is 10.2 Å². The zero-order chi connectivity index (χ0) is 13.1. The maximum absolute atomic E-state index is 13.7. The van der Waals surface area contributed by atoms with E-state index in [9.17, 15) is 9.18 Å². The van der Waals surface area contributed by atoms with Crippen LogP contribution in [-0.2, 0) is 0 Å². The maximum atomic E-state index is 13.7. The van der Waals surface area contributed by atoms with E-state index >= 15 is 0 Å². The van der Waals surface area contributed by atoms with Crippen molar-refractivity contribution in [3.05, 3.63) is 34.1 Å². The van der Waals surface area contributed by atoms with E-state index in [-0.39, 0.29) is 11.5 Å². The zero-order valence-corrected chi connectivity index (χ0v) is 11.8. The minimum atomic E-state index is -0.509. The molecule has 3 nitrogen and oxygen atoms in total. The smallest absolute Gasteiger partial charge is 0.254 e. The largest absolute Gasteiger partial charge is 0.351 e. The normalized spacial score (nSPS) is 14.9. The summed E-state index contributed by atoms with van der Waals surface area (Å²) < 4.78 is 14.0. The third-order valence-electron chi connectivity index (χ3n) is 3.12. The highest BCUT2D eigenvalue weighted by molar-refractivity contribution is 9.10. The minimum Gasteiger partial charge on any atom is -0.351 e. The van der Waals surface area contributed by atoms with Gasteiger partial charge in [0.05, 0.1) is 10.0 Å². The molecule has 0 atom stereocenters. The fourth-order valence-corrected chi connectivity index (χ4v) is 2.18. The van der Waals surface area contributed by atoms with Crippen molar-refractivity contribution >= 4 is 21.8 Å². The Bertz CT molecular complexity index is 449. The van der Waals surface area contributed by atoms with Crippen LogP contribution in [0.25, 0.3) is 0 Å². The average Bonchev–Trinajstić information content (AvgIpc) is 3.16. The van der Waals surface area contributed by atoms with Crippen molar-refractivity contribution in [1.29, 1.82) is 0 Å². The molecule has 0 unspecified atom stereocenters. The van der Waals surface area contributed by atoms with Crippen molar-refractivity contribution in [2.24, 2.45) is 0 Å². The van der Waals surface area contributed by atoms with Crippen molar-refractivity contribution < 1.29 is 9.18 Å². The fraction of sp³-hybridized carbons (Fsp3) is 0.462. The first kappa shape index (κ1) is 13.5. The highest BCUT2D eigenvalue weighted by atomic mass is 79.9. The van der Waals surface area contributed by atoms with E-state index in [2.05, 4.69) is 26.1 Å². The van der Waals surface area contributed by atoms with Crippen LogP contribution in [0.1, 0.15) is 23.2 Å². The second-order valence-electron chi connectivity index (χ2n) is 4.57. The van der Waals surface area contributed by atoms with Crippen molar-refractivity contribution in [2.75, 3.05) is 20.1 Å². The van der Waals surface area contributed by atoms with Crippen molar-refractivity contribution in [2.45, 2.75) is 18.9 Å². The molecule has 0 saturated heterocycles. The van der Waals surface area contributed by atoms with E-state index in [0.29, 0.717) is 17.1 Å². The number of carbonyl (C=O) groups is 1. The lowest BCUT2D eigenvalue weighted by Gasteiger charge is -2.15. The molecule has 1 N–H and O–H groups in total. The molecule has 0 spiro atoms. The summed E-state index contributed by atoms with van der Waals surface area (Å²) in [6, 6.07) is 5.38. The number of hydrogen-bond acceptors (Lipinski definition) is 2. The molecule has 0 bridgehead atoms. The average molecular weight is 315 g/mol. The number of amides is 1. The highest BCUT2D eigenvalue weighted by Gasteiger charge is 2.25. The number of nitrogens with zero attached hydrogens (tertiary/aromatic N) is 1. The summed E-state index contributed by atoms with van der Waals surface area (Å²) in [5.41, 5.74) is 0.0819. The van der Waals surface area contributed by atoms with Gasteiger partial charge in [-0.25, -0.2) is 4.39 Å². The van der Waals surface area contributed by atoms with E-state index in [1.54, 1.807) is 12.1 Å².